The fourth-order valence-corrected chi connectivity index (χ4v) is 5.61. The molecular formula is C18H17N3OS2. The zero-order valence-corrected chi connectivity index (χ0v) is 14.9. The van der Waals surface area contributed by atoms with E-state index in [-0.39, 0.29) is 5.91 Å². The van der Waals surface area contributed by atoms with E-state index in [1.807, 2.05) is 65.2 Å². The van der Waals surface area contributed by atoms with Crippen molar-refractivity contribution in [3.63, 3.8) is 0 Å². The van der Waals surface area contributed by atoms with Crippen molar-refractivity contribution in [1.82, 2.24) is 9.38 Å². The summed E-state index contributed by atoms with van der Waals surface area (Å²) in [7, 11) is 0. The van der Waals surface area contributed by atoms with Gasteiger partial charge in [-0.2, -0.15) is 0 Å². The summed E-state index contributed by atoms with van der Waals surface area (Å²) in [4.78, 5) is 16.9. The second kappa shape index (κ2) is 6.53. The van der Waals surface area contributed by atoms with Crippen molar-refractivity contribution < 1.29 is 4.79 Å². The van der Waals surface area contributed by atoms with Gasteiger partial charge in [0.1, 0.15) is 11.3 Å². The third-order valence-corrected chi connectivity index (χ3v) is 7.07. The maximum absolute atomic E-state index is 12.5. The standard InChI is InChI=1S/C18H17N3OS2/c1-12-4-2-7-16-20-15(11-21(12)16)17(22)19-14-6-3-5-13(10-14)18-23-8-9-24-18/h2-7,10-11,18H,8-9H2,1H3,(H,19,22). The Morgan fingerprint density at radius 3 is 2.79 bits per heavy atom. The summed E-state index contributed by atoms with van der Waals surface area (Å²) >= 11 is 3.92. The van der Waals surface area contributed by atoms with Crippen molar-refractivity contribution >= 4 is 40.8 Å². The third kappa shape index (κ3) is 3.03. The summed E-state index contributed by atoms with van der Waals surface area (Å²) in [5, 5.41) is 2.97. The maximum atomic E-state index is 12.5. The monoisotopic (exact) mass is 355 g/mol. The second-order valence-corrected chi connectivity index (χ2v) is 8.40. The minimum atomic E-state index is -0.179. The Bertz CT molecular complexity index is 900. The van der Waals surface area contributed by atoms with Crippen LogP contribution in [-0.2, 0) is 0 Å². The van der Waals surface area contributed by atoms with Crippen LogP contribution >= 0.6 is 23.5 Å². The number of amides is 1. The molecule has 0 aliphatic carbocycles. The fourth-order valence-electron chi connectivity index (χ4n) is 2.77. The van der Waals surface area contributed by atoms with Crippen LogP contribution in [0.2, 0.25) is 0 Å². The number of benzene rings is 1. The van der Waals surface area contributed by atoms with Gasteiger partial charge in [0, 0.05) is 29.1 Å². The first-order valence-electron chi connectivity index (χ1n) is 7.80. The lowest BCUT2D eigenvalue weighted by Crippen LogP contribution is -2.12. The van der Waals surface area contributed by atoms with Crippen LogP contribution in [0.25, 0.3) is 5.65 Å². The van der Waals surface area contributed by atoms with Gasteiger partial charge in [0.2, 0.25) is 0 Å². The Labute approximate surface area is 149 Å². The smallest absolute Gasteiger partial charge is 0.275 e. The van der Waals surface area contributed by atoms with E-state index in [1.165, 1.54) is 17.1 Å². The Morgan fingerprint density at radius 1 is 1.21 bits per heavy atom. The second-order valence-electron chi connectivity index (χ2n) is 5.67. The zero-order chi connectivity index (χ0) is 16.5. The molecule has 122 valence electrons. The number of fused-ring (bicyclic) bond motifs is 1. The van der Waals surface area contributed by atoms with Gasteiger partial charge in [0.25, 0.3) is 5.91 Å². The van der Waals surface area contributed by atoms with Crippen molar-refractivity contribution in [3.8, 4) is 0 Å². The molecular weight excluding hydrogens is 338 g/mol. The average molecular weight is 355 g/mol. The minimum absolute atomic E-state index is 0.179. The predicted molar refractivity (Wildman–Crippen MR) is 102 cm³/mol. The van der Waals surface area contributed by atoms with Gasteiger partial charge in [0.05, 0.1) is 4.58 Å². The summed E-state index contributed by atoms with van der Waals surface area (Å²) in [6, 6.07) is 14.0. The molecule has 6 heteroatoms. The molecule has 1 saturated heterocycles. The van der Waals surface area contributed by atoms with E-state index in [0.29, 0.717) is 10.3 Å². The van der Waals surface area contributed by atoms with Crippen molar-refractivity contribution in [2.45, 2.75) is 11.5 Å². The minimum Gasteiger partial charge on any atom is -0.321 e. The largest absolute Gasteiger partial charge is 0.321 e. The quantitative estimate of drug-likeness (QED) is 0.758. The van der Waals surface area contributed by atoms with Crippen LogP contribution in [0.1, 0.15) is 26.3 Å². The molecule has 0 radical (unpaired) electrons. The maximum Gasteiger partial charge on any atom is 0.275 e. The van der Waals surface area contributed by atoms with E-state index in [1.54, 1.807) is 6.20 Å². The van der Waals surface area contributed by atoms with E-state index in [9.17, 15) is 4.79 Å². The molecule has 0 unspecified atom stereocenters. The van der Waals surface area contributed by atoms with Gasteiger partial charge in [-0.05, 0) is 36.8 Å². The SMILES string of the molecule is Cc1cccc2nc(C(=O)Nc3cccc(C4SCCS4)c3)cn12. The van der Waals surface area contributed by atoms with E-state index < -0.39 is 0 Å². The van der Waals surface area contributed by atoms with E-state index in [0.717, 1.165) is 17.0 Å². The van der Waals surface area contributed by atoms with Crippen LogP contribution in [0.3, 0.4) is 0 Å². The summed E-state index contributed by atoms with van der Waals surface area (Å²) in [6.45, 7) is 2.00. The molecule has 0 saturated carbocycles. The van der Waals surface area contributed by atoms with Gasteiger partial charge < -0.3 is 9.72 Å². The summed E-state index contributed by atoms with van der Waals surface area (Å²) in [5.41, 5.74) is 4.34. The summed E-state index contributed by atoms with van der Waals surface area (Å²) in [6.07, 6.45) is 1.78. The first-order valence-corrected chi connectivity index (χ1v) is 9.90. The number of rotatable bonds is 3. The molecule has 4 nitrogen and oxygen atoms in total. The molecule has 0 bridgehead atoms. The van der Waals surface area contributed by atoms with Gasteiger partial charge in [-0.3, -0.25) is 4.79 Å². The van der Waals surface area contributed by atoms with Crippen molar-refractivity contribution in [3.05, 3.63) is 65.6 Å². The van der Waals surface area contributed by atoms with E-state index >= 15 is 0 Å². The number of imidazole rings is 1. The topological polar surface area (TPSA) is 46.4 Å². The zero-order valence-electron chi connectivity index (χ0n) is 13.2. The lowest BCUT2D eigenvalue weighted by atomic mass is 10.2. The highest BCUT2D eigenvalue weighted by atomic mass is 32.2. The highest BCUT2D eigenvalue weighted by Crippen LogP contribution is 2.45. The van der Waals surface area contributed by atoms with Gasteiger partial charge in [-0.25, -0.2) is 4.98 Å². The van der Waals surface area contributed by atoms with Crippen LogP contribution in [0.5, 0.6) is 0 Å². The fraction of sp³-hybridized carbons (Fsp3) is 0.222. The van der Waals surface area contributed by atoms with Crippen LogP contribution in [0, 0.1) is 6.92 Å². The normalized spacial score (nSPS) is 15.0. The predicted octanol–water partition coefficient (Wildman–Crippen LogP) is 4.37. The Morgan fingerprint density at radius 2 is 2.00 bits per heavy atom. The number of nitrogens with zero attached hydrogens (tertiary/aromatic N) is 2. The first kappa shape index (κ1) is 15.6. The molecule has 0 spiro atoms. The molecule has 1 fully saturated rings. The number of pyridine rings is 1. The molecule has 1 amide bonds. The number of anilines is 1. The number of aryl methyl sites for hydroxylation is 1. The molecule has 24 heavy (non-hydrogen) atoms. The Balaban J connectivity index is 1.56. The van der Waals surface area contributed by atoms with Gasteiger partial charge >= 0.3 is 0 Å². The number of carbonyl (C=O) groups excluding carboxylic acids is 1. The van der Waals surface area contributed by atoms with Crippen LogP contribution in [0.15, 0.2) is 48.7 Å². The van der Waals surface area contributed by atoms with Crippen molar-refractivity contribution in [2.24, 2.45) is 0 Å². The van der Waals surface area contributed by atoms with Gasteiger partial charge in [0.15, 0.2) is 0 Å². The highest BCUT2D eigenvalue weighted by molar-refractivity contribution is 8.19. The van der Waals surface area contributed by atoms with E-state index in [4.69, 9.17) is 0 Å². The van der Waals surface area contributed by atoms with Crippen LogP contribution in [-0.4, -0.2) is 26.8 Å². The summed E-state index contributed by atoms with van der Waals surface area (Å²) < 4.78 is 2.40. The van der Waals surface area contributed by atoms with Crippen LogP contribution < -0.4 is 5.32 Å². The lowest BCUT2D eigenvalue weighted by molar-refractivity contribution is 0.102. The Kier molecular flexibility index (Phi) is 4.24. The molecule has 4 rings (SSSR count). The number of carbonyl (C=O) groups is 1. The number of hydrogen-bond donors (Lipinski definition) is 1. The first-order chi connectivity index (χ1) is 11.7. The number of thioether (sulfide) groups is 2. The average Bonchev–Trinajstić information content (AvgIpc) is 3.25. The van der Waals surface area contributed by atoms with Gasteiger partial charge in [-0.1, -0.05) is 18.2 Å². The molecule has 1 aromatic carbocycles. The molecule has 1 N–H and O–H groups in total. The third-order valence-electron chi connectivity index (χ3n) is 3.97. The number of aromatic nitrogens is 2. The Hall–Kier alpha value is -1.92. The number of hydrogen-bond acceptors (Lipinski definition) is 4. The van der Waals surface area contributed by atoms with Crippen LogP contribution in [0.4, 0.5) is 5.69 Å². The lowest BCUT2D eigenvalue weighted by Gasteiger charge is -2.10. The molecule has 1 aliphatic rings. The number of nitrogens with one attached hydrogen (secondary N) is 1. The molecule has 0 atom stereocenters. The van der Waals surface area contributed by atoms with Crippen molar-refractivity contribution in [1.29, 1.82) is 0 Å². The van der Waals surface area contributed by atoms with E-state index in [2.05, 4.69) is 22.4 Å². The summed E-state index contributed by atoms with van der Waals surface area (Å²) in [5.74, 6) is 2.20. The molecule has 2 aromatic heterocycles. The molecule has 1 aliphatic heterocycles. The van der Waals surface area contributed by atoms with Crippen molar-refractivity contribution in [2.75, 3.05) is 16.8 Å². The highest BCUT2D eigenvalue weighted by Gasteiger charge is 2.19. The molecule has 3 aromatic rings. The van der Waals surface area contributed by atoms with Gasteiger partial charge in [-0.15, -0.1) is 23.5 Å². The molecule has 3 heterocycles.